The van der Waals surface area contributed by atoms with Crippen LogP contribution in [-0.2, 0) is 0 Å². The molecule has 2 aliphatic heterocycles. The maximum absolute atomic E-state index is 2.71. The molecule has 0 atom stereocenters. The zero-order valence-corrected chi connectivity index (χ0v) is 21.8. The normalized spacial score (nSPS) is 24.7. The molecule has 4 rings (SSSR count). The molecule has 3 heteroatoms. The van der Waals surface area contributed by atoms with E-state index in [1.165, 1.54) is 103 Å². The van der Waals surface area contributed by atoms with Gasteiger partial charge in [0.25, 0.3) is 0 Å². The Morgan fingerprint density at radius 2 is 1.56 bits per heavy atom. The van der Waals surface area contributed by atoms with E-state index in [9.17, 15) is 0 Å². The SMILES string of the molecule is CCCCN1CCN(c2ccc(N3CCCC(C)(C)C3)cc2C2CCC(C)(C)CC2)CC1. The van der Waals surface area contributed by atoms with Crippen molar-refractivity contribution in [2.45, 2.75) is 91.9 Å². The molecular weight excluding hydrogens is 390 g/mol. The molecule has 32 heavy (non-hydrogen) atoms. The number of piperazine rings is 1. The van der Waals surface area contributed by atoms with E-state index in [-0.39, 0.29) is 0 Å². The number of nitrogens with zero attached hydrogens (tertiary/aromatic N) is 3. The van der Waals surface area contributed by atoms with Gasteiger partial charge < -0.3 is 9.80 Å². The Morgan fingerprint density at radius 3 is 2.22 bits per heavy atom. The summed E-state index contributed by atoms with van der Waals surface area (Å²) in [5.74, 6) is 0.730. The van der Waals surface area contributed by atoms with Gasteiger partial charge in [-0.2, -0.15) is 0 Å². The Bertz CT molecular complexity index is 735. The maximum Gasteiger partial charge on any atom is 0.0404 e. The van der Waals surface area contributed by atoms with Gasteiger partial charge in [-0.05, 0) is 92.0 Å². The Morgan fingerprint density at radius 1 is 0.844 bits per heavy atom. The van der Waals surface area contributed by atoms with Crippen molar-refractivity contribution in [3.05, 3.63) is 23.8 Å². The third-order valence-corrected chi connectivity index (χ3v) is 8.60. The predicted molar refractivity (Wildman–Crippen MR) is 140 cm³/mol. The van der Waals surface area contributed by atoms with Crippen LogP contribution in [0.2, 0.25) is 0 Å². The van der Waals surface area contributed by atoms with Crippen molar-refractivity contribution < 1.29 is 0 Å². The molecule has 0 spiro atoms. The standard InChI is InChI=1S/C29H49N3/c1-6-7-16-30-18-20-31(21-19-30)27-10-9-25(32-17-8-13-29(4,5)23-32)22-26(27)24-11-14-28(2,3)15-12-24/h9-10,22,24H,6-8,11-21,23H2,1-5H3. The van der Waals surface area contributed by atoms with E-state index in [4.69, 9.17) is 0 Å². The van der Waals surface area contributed by atoms with Crippen LogP contribution in [0.3, 0.4) is 0 Å². The highest BCUT2D eigenvalue weighted by molar-refractivity contribution is 5.64. The largest absolute Gasteiger partial charge is 0.371 e. The molecule has 1 aliphatic carbocycles. The molecular formula is C29H49N3. The highest BCUT2D eigenvalue weighted by Crippen LogP contribution is 2.46. The zero-order chi connectivity index (χ0) is 22.8. The summed E-state index contributed by atoms with van der Waals surface area (Å²) in [5.41, 5.74) is 5.63. The predicted octanol–water partition coefficient (Wildman–Crippen LogP) is 6.92. The summed E-state index contributed by atoms with van der Waals surface area (Å²) in [5, 5.41) is 0. The van der Waals surface area contributed by atoms with E-state index >= 15 is 0 Å². The topological polar surface area (TPSA) is 9.72 Å². The Kier molecular flexibility index (Phi) is 7.44. The van der Waals surface area contributed by atoms with Crippen molar-refractivity contribution >= 4 is 11.4 Å². The van der Waals surface area contributed by atoms with Gasteiger partial charge in [0.05, 0.1) is 0 Å². The van der Waals surface area contributed by atoms with Gasteiger partial charge in [0.1, 0.15) is 0 Å². The van der Waals surface area contributed by atoms with Crippen LogP contribution in [0.5, 0.6) is 0 Å². The monoisotopic (exact) mass is 439 g/mol. The minimum absolute atomic E-state index is 0.431. The zero-order valence-electron chi connectivity index (χ0n) is 21.8. The van der Waals surface area contributed by atoms with Crippen molar-refractivity contribution in [2.75, 3.05) is 55.6 Å². The fourth-order valence-electron chi connectivity index (χ4n) is 6.30. The van der Waals surface area contributed by atoms with Crippen LogP contribution in [0, 0.1) is 10.8 Å². The fraction of sp³-hybridized carbons (Fsp3) is 0.793. The average Bonchev–Trinajstić information content (AvgIpc) is 2.77. The van der Waals surface area contributed by atoms with Crippen LogP contribution < -0.4 is 9.80 Å². The third-order valence-electron chi connectivity index (χ3n) is 8.60. The quantitative estimate of drug-likeness (QED) is 0.476. The molecule has 1 aromatic carbocycles. The fourth-order valence-corrected chi connectivity index (χ4v) is 6.30. The van der Waals surface area contributed by atoms with E-state index in [0.717, 1.165) is 5.92 Å². The average molecular weight is 440 g/mol. The summed E-state index contributed by atoms with van der Waals surface area (Å²) >= 11 is 0. The molecule has 0 amide bonds. The van der Waals surface area contributed by atoms with Crippen LogP contribution in [0.1, 0.15) is 97.5 Å². The molecule has 0 aromatic heterocycles. The van der Waals surface area contributed by atoms with Gasteiger partial charge in [-0.3, -0.25) is 4.90 Å². The Balaban J connectivity index is 1.55. The first-order valence-corrected chi connectivity index (χ1v) is 13.6. The number of anilines is 2. The van der Waals surface area contributed by atoms with Crippen LogP contribution in [0.15, 0.2) is 18.2 Å². The number of rotatable bonds is 6. The summed E-state index contributed by atoms with van der Waals surface area (Å²) < 4.78 is 0. The van der Waals surface area contributed by atoms with Gasteiger partial charge in [-0.15, -0.1) is 0 Å². The van der Waals surface area contributed by atoms with Crippen LogP contribution in [0.25, 0.3) is 0 Å². The minimum atomic E-state index is 0.431. The van der Waals surface area contributed by atoms with Crippen LogP contribution in [-0.4, -0.2) is 50.7 Å². The molecule has 180 valence electrons. The number of benzene rings is 1. The molecule has 2 heterocycles. The first-order chi connectivity index (χ1) is 15.3. The lowest BCUT2D eigenvalue weighted by Gasteiger charge is -2.42. The summed E-state index contributed by atoms with van der Waals surface area (Å²) in [6, 6.07) is 7.55. The highest BCUT2D eigenvalue weighted by Gasteiger charge is 2.32. The molecule has 3 nitrogen and oxygen atoms in total. The summed E-state index contributed by atoms with van der Waals surface area (Å²) in [7, 11) is 0. The molecule has 3 aliphatic rings. The van der Waals surface area contributed by atoms with Gasteiger partial charge in [0.15, 0.2) is 0 Å². The second kappa shape index (κ2) is 9.95. The van der Waals surface area contributed by atoms with Gasteiger partial charge in [0, 0.05) is 50.6 Å². The maximum atomic E-state index is 2.71. The second-order valence-corrected chi connectivity index (χ2v) is 12.6. The van der Waals surface area contributed by atoms with Gasteiger partial charge in [-0.1, -0.05) is 41.0 Å². The number of hydrogen-bond donors (Lipinski definition) is 0. The lowest BCUT2D eigenvalue weighted by Crippen LogP contribution is -2.47. The van der Waals surface area contributed by atoms with Crippen molar-refractivity contribution in [3.8, 4) is 0 Å². The molecule has 0 unspecified atom stereocenters. The van der Waals surface area contributed by atoms with E-state index in [1.54, 1.807) is 11.3 Å². The molecule has 0 radical (unpaired) electrons. The molecule has 0 bridgehead atoms. The van der Waals surface area contributed by atoms with Crippen molar-refractivity contribution in [1.82, 2.24) is 4.90 Å². The van der Waals surface area contributed by atoms with Crippen LogP contribution in [0.4, 0.5) is 11.4 Å². The van der Waals surface area contributed by atoms with E-state index in [2.05, 4.69) is 67.5 Å². The molecule has 1 aromatic rings. The van der Waals surface area contributed by atoms with Gasteiger partial charge in [-0.25, -0.2) is 0 Å². The second-order valence-electron chi connectivity index (χ2n) is 12.6. The number of piperidine rings is 1. The minimum Gasteiger partial charge on any atom is -0.371 e. The summed E-state index contributed by atoms with van der Waals surface area (Å²) in [4.78, 5) is 8.06. The molecule has 3 fully saturated rings. The summed E-state index contributed by atoms with van der Waals surface area (Å²) in [6.45, 7) is 20.6. The number of unbranched alkanes of at least 4 members (excludes halogenated alkanes) is 1. The van der Waals surface area contributed by atoms with Gasteiger partial charge in [0.2, 0.25) is 0 Å². The summed E-state index contributed by atoms with van der Waals surface area (Å²) in [6.07, 6.45) is 10.7. The lowest BCUT2D eigenvalue weighted by atomic mass is 9.71. The van der Waals surface area contributed by atoms with Crippen molar-refractivity contribution in [2.24, 2.45) is 10.8 Å². The first kappa shape index (κ1) is 23.9. The van der Waals surface area contributed by atoms with Crippen molar-refractivity contribution in [1.29, 1.82) is 0 Å². The van der Waals surface area contributed by atoms with Gasteiger partial charge >= 0.3 is 0 Å². The smallest absolute Gasteiger partial charge is 0.0404 e. The molecule has 0 N–H and O–H groups in total. The third kappa shape index (κ3) is 5.82. The molecule has 1 saturated carbocycles. The number of hydrogen-bond acceptors (Lipinski definition) is 3. The molecule has 2 saturated heterocycles. The Labute approximate surface area is 198 Å². The van der Waals surface area contributed by atoms with Crippen molar-refractivity contribution in [3.63, 3.8) is 0 Å². The first-order valence-electron chi connectivity index (χ1n) is 13.6. The lowest BCUT2D eigenvalue weighted by molar-refractivity contribution is 0.224. The van der Waals surface area contributed by atoms with E-state index in [0.29, 0.717) is 10.8 Å². The van der Waals surface area contributed by atoms with Crippen LogP contribution >= 0.6 is 0 Å². The van der Waals surface area contributed by atoms with E-state index in [1.807, 2.05) is 0 Å². The highest BCUT2D eigenvalue weighted by atomic mass is 15.3. The van der Waals surface area contributed by atoms with E-state index < -0.39 is 0 Å². The Hall–Kier alpha value is -1.22.